The predicted molar refractivity (Wildman–Crippen MR) is 75.3 cm³/mol. The molecule has 1 aromatic heterocycles. The molecule has 0 amide bonds. The molecule has 0 unspecified atom stereocenters. The zero-order chi connectivity index (χ0) is 15.5. The minimum atomic E-state index is -3.80. The summed E-state index contributed by atoms with van der Waals surface area (Å²) in [7, 11) is -3.80. The number of aromatic nitrogens is 2. The fraction of sp³-hybridized carbons (Fsp3) is 0.250. The number of nitrogens with zero attached hydrogens (tertiary/aromatic N) is 2. The normalized spacial score (nSPS) is 11.5. The van der Waals surface area contributed by atoms with E-state index in [0.717, 1.165) is 0 Å². The zero-order valence-corrected chi connectivity index (χ0v) is 12.1. The van der Waals surface area contributed by atoms with Gasteiger partial charge in [0.15, 0.2) is 0 Å². The number of H-pyrrole nitrogens is 1. The van der Waals surface area contributed by atoms with E-state index in [1.54, 1.807) is 12.4 Å². The molecular formula is C12H14N4O4S. The van der Waals surface area contributed by atoms with Crippen molar-refractivity contribution in [3.05, 3.63) is 52.1 Å². The SMILES string of the molecule is Cc1c([N+](=O)[O-])cccc1S(=O)(=O)NCCc1ncc[nH]1. The highest BCUT2D eigenvalue weighted by atomic mass is 32.2. The summed E-state index contributed by atoms with van der Waals surface area (Å²) in [6.07, 6.45) is 3.63. The molecule has 0 fully saturated rings. The van der Waals surface area contributed by atoms with Gasteiger partial charge in [-0.1, -0.05) is 6.07 Å². The van der Waals surface area contributed by atoms with Crippen LogP contribution < -0.4 is 4.72 Å². The largest absolute Gasteiger partial charge is 0.349 e. The van der Waals surface area contributed by atoms with Crippen LogP contribution in [0.15, 0.2) is 35.5 Å². The van der Waals surface area contributed by atoms with Gasteiger partial charge in [-0.25, -0.2) is 18.1 Å². The van der Waals surface area contributed by atoms with E-state index in [-0.39, 0.29) is 22.7 Å². The summed E-state index contributed by atoms with van der Waals surface area (Å²) < 4.78 is 26.8. The van der Waals surface area contributed by atoms with E-state index in [0.29, 0.717) is 12.2 Å². The van der Waals surface area contributed by atoms with E-state index in [4.69, 9.17) is 0 Å². The number of benzene rings is 1. The van der Waals surface area contributed by atoms with E-state index >= 15 is 0 Å². The fourth-order valence-electron chi connectivity index (χ4n) is 1.91. The van der Waals surface area contributed by atoms with Gasteiger partial charge in [0.05, 0.1) is 9.82 Å². The predicted octanol–water partition coefficient (Wildman–Crippen LogP) is 1.15. The quantitative estimate of drug-likeness (QED) is 0.613. The molecule has 0 aliphatic carbocycles. The van der Waals surface area contributed by atoms with E-state index in [1.807, 2.05) is 0 Å². The van der Waals surface area contributed by atoms with Crippen LogP contribution in [0.4, 0.5) is 5.69 Å². The number of aromatic amines is 1. The lowest BCUT2D eigenvalue weighted by atomic mass is 10.2. The van der Waals surface area contributed by atoms with Gasteiger partial charge in [0.25, 0.3) is 5.69 Å². The summed E-state index contributed by atoms with van der Waals surface area (Å²) in [5.41, 5.74) is -0.100. The van der Waals surface area contributed by atoms with Crippen LogP contribution in [0.5, 0.6) is 0 Å². The molecule has 9 heteroatoms. The van der Waals surface area contributed by atoms with Gasteiger partial charge in [0.1, 0.15) is 5.82 Å². The van der Waals surface area contributed by atoms with Crippen LogP contribution in [-0.4, -0.2) is 29.9 Å². The number of nitrogens with one attached hydrogen (secondary N) is 2. The lowest BCUT2D eigenvalue weighted by Crippen LogP contribution is -2.27. The molecule has 0 bridgehead atoms. The first-order chi connectivity index (χ1) is 9.92. The number of hydrogen-bond donors (Lipinski definition) is 2. The Bertz CT molecular complexity index is 741. The van der Waals surface area contributed by atoms with Gasteiger partial charge in [0.2, 0.25) is 10.0 Å². The third kappa shape index (κ3) is 3.44. The zero-order valence-electron chi connectivity index (χ0n) is 11.2. The average molecular weight is 310 g/mol. The van der Waals surface area contributed by atoms with Crippen molar-refractivity contribution in [1.82, 2.24) is 14.7 Å². The highest BCUT2D eigenvalue weighted by Gasteiger charge is 2.22. The Labute approximate surface area is 121 Å². The van der Waals surface area contributed by atoms with Gasteiger partial charge in [-0.15, -0.1) is 0 Å². The van der Waals surface area contributed by atoms with Crippen molar-refractivity contribution in [2.24, 2.45) is 0 Å². The fourth-order valence-corrected chi connectivity index (χ4v) is 3.20. The molecular weight excluding hydrogens is 296 g/mol. The molecule has 1 heterocycles. The second-order valence-corrected chi connectivity index (χ2v) is 6.08. The maximum Gasteiger partial charge on any atom is 0.273 e. The van der Waals surface area contributed by atoms with Crippen LogP contribution in [0.1, 0.15) is 11.4 Å². The molecule has 0 saturated heterocycles. The summed E-state index contributed by atoms with van der Waals surface area (Å²) in [4.78, 5) is 17.0. The van der Waals surface area contributed by atoms with E-state index in [1.165, 1.54) is 25.1 Å². The molecule has 0 radical (unpaired) electrons. The van der Waals surface area contributed by atoms with Gasteiger partial charge < -0.3 is 4.98 Å². The Hall–Kier alpha value is -2.26. The summed E-state index contributed by atoms with van der Waals surface area (Å²) in [5.74, 6) is 0.661. The van der Waals surface area contributed by atoms with Gasteiger partial charge in [-0.2, -0.15) is 0 Å². The van der Waals surface area contributed by atoms with E-state index in [9.17, 15) is 18.5 Å². The molecule has 0 spiro atoms. The maximum atomic E-state index is 12.2. The molecule has 0 aliphatic heterocycles. The van der Waals surface area contributed by atoms with Gasteiger partial charge >= 0.3 is 0 Å². The molecule has 2 N–H and O–H groups in total. The van der Waals surface area contributed by atoms with Crippen LogP contribution in [-0.2, 0) is 16.4 Å². The van der Waals surface area contributed by atoms with E-state index < -0.39 is 14.9 Å². The highest BCUT2D eigenvalue weighted by molar-refractivity contribution is 7.89. The second-order valence-electron chi connectivity index (χ2n) is 4.34. The number of nitro benzene ring substituents is 1. The smallest absolute Gasteiger partial charge is 0.273 e. The minimum Gasteiger partial charge on any atom is -0.349 e. The first-order valence-corrected chi connectivity index (χ1v) is 7.62. The van der Waals surface area contributed by atoms with Gasteiger partial charge in [-0.05, 0) is 13.0 Å². The minimum absolute atomic E-state index is 0.0869. The number of rotatable bonds is 6. The Morgan fingerprint density at radius 2 is 2.19 bits per heavy atom. The summed E-state index contributed by atoms with van der Waals surface area (Å²) in [5, 5.41) is 10.8. The number of hydrogen-bond acceptors (Lipinski definition) is 5. The van der Waals surface area contributed by atoms with Crippen LogP contribution in [0.3, 0.4) is 0 Å². The standard InChI is InChI=1S/C12H14N4O4S/c1-9-10(16(17)18)3-2-4-11(9)21(19,20)15-6-5-12-13-7-8-14-12/h2-4,7-8,15H,5-6H2,1H3,(H,13,14). The van der Waals surface area contributed by atoms with Crippen molar-refractivity contribution in [2.75, 3.05) is 6.54 Å². The third-order valence-corrected chi connectivity index (χ3v) is 4.56. The van der Waals surface area contributed by atoms with Crippen LogP contribution in [0.25, 0.3) is 0 Å². The summed E-state index contributed by atoms with van der Waals surface area (Å²) >= 11 is 0. The molecule has 0 atom stereocenters. The molecule has 2 aromatic rings. The van der Waals surface area contributed by atoms with Gasteiger partial charge in [-0.3, -0.25) is 10.1 Å². The van der Waals surface area contributed by atoms with Crippen molar-refractivity contribution in [1.29, 1.82) is 0 Å². The van der Waals surface area contributed by atoms with Crippen LogP contribution in [0, 0.1) is 17.0 Å². The highest BCUT2D eigenvalue weighted by Crippen LogP contribution is 2.24. The maximum absolute atomic E-state index is 12.2. The molecule has 1 aromatic carbocycles. The Balaban J connectivity index is 2.16. The lowest BCUT2D eigenvalue weighted by molar-refractivity contribution is -0.385. The summed E-state index contributed by atoms with van der Waals surface area (Å²) in [6.45, 7) is 1.57. The van der Waals surface area contributed by atoms with Crippen molar-refractivity contribution in [3.8, 4) is 0 Å². The molecule has 0 saturated carbocycles. The Kier molecular flexibility index (Phi) is 4.34. The molecule has 112 valence electrons. The molecule has 0 aliphatic rings. The lowest BCUT2D eigenvalue weighted by Gasteiger charge is -2.08. The molecule has 8 nitrogen and oxygen atoms in total. The topological polar surface area (TPSA) is 118 Å². The average Bonchev–Trinajstić information content (AvgIpc) is 2.91. The number of imidazole rings is 1. The van der Waals surface area contributed by atoms with Crippen molar-refractivity contribution >= 4 is 15.7 Å². The first kappa shape index (κ1) is 15.1. The monoisotopic (exact) mass is 310 g/mol. The third-order valence-electron chi connectivity index (χ3n) is 2.95. The van der Waals surface area contributed by atoms with E-state index in [2.05, 4.69) is 14.7 Å². The van der Waals surface area contributed by atoms with Crippen molar-refractivity contribution in [3.63, 3.8) is 0 Å². The molecule has 2 rings (SSSR count). The first-order valence-electron chi connectivity index (χ1n) is 6.14. The van der Waals surface area contributed by atoms with Crippen molar-refractivity contribution in [2.45, 2.75) is 18.2 Å². The number of sulfonamides is 1. The molecule has 21 heavy (non-hydrogen) atoms. The number of nitro groups is 1. The Morgan fingerprint density at radius 3 is 2.81 bits per heavy atom. The Morgan fingerprint density at radius 1 is 1.43 bits per heavy atom. The van der Waals surface area contributed by atoms with Crippen LogP contribution in [0.2, 0.25) is 0 Å². The van der Waals surface area contributed by atoms with Crippen molar-refractivity contribution < 1.29 is 13.3 Å². The second kappa shape index (κ2) is 6.02. The van der Waals surface area contributed by atoms with Gasteiger partial charge in [0, 0.05) is 37.0 Å². The summed E-state index contributed by atoms with van der Waals surface area (Å²) in [6, 6.07) is 3.97. The van der Waals surface area contributed by atoms with Crippen LogP contribution >= 0.6 is 0 Å².